The highest BCUT2D eigenvalue weighted by Crippen LogP contribution is 2.40. The van der Waals surface area contributed by atoms with Crippen LogP contribution in [0.3, 0.4) is 0 Å². The predicted octanol–water partition coefficient (Wildman–Crippen LogP) is 1.70. The molecule has 0 aromatic rings. The molecule has 0 aromatic heterocycles. The lowest BCUT2D eigenvalue weighted by Gasteiger charge is -2.34. The molecule has 0 N–H and O–H groups in total. The Morgan fingerprint density at radius 1 is 1.39 bits per heavy atom. The van der Waals surface area contributed by atoms with Gasteiger partial charge in [0.2, 0.25) is 0 Å². The molecule has 4 heteroatoms. The predicted molar refractivity (Wildman–Crippen MR) is 66.4 cm³/mol. The van der Waals surface area contributed by atoms with Gasteiger partial charge in [-0.05, 0) is 19.3 Å². The maximum Gasteiger partial charge on any atom is 0.324 e. The van der Waals surface area contributed by atoms with Crippen molar-refractivity contribution in [2.24, 2.45) is 11.3 Å². The summed E-state index contributed by atoms with van der Waals surface area (Å²) >= 11 is 0. The first-order valence-corrected chi connectivity index (χ1v) is 5.90. The molecule has 0 radical (unpaired) electrons. The molecule has 0 aromatic carbocycles. The van der Waals surface area contributed by atoms with E-state index < -0.39 is 17.4 Å². The Bertz CT molecular complexity index is 373. The lowest BCUT2D eigenvalue weighted by molar-refractivity contribution is -0.172. The van der Waals surface area contributed by atoms with Gasteiger partial charge >= 0.3 is 11.9 Å². The molecular weight excluding hydrogens is 232 g/mol. The third-order valence-corrected chi connectivity index (χ3v) is 3.37. The fourth-order valence-corrected chi connectivity index (χ4v) is 2.41. The summed E-state index contributed by atoms with van der Waals surface area (Å²) in [6.07, 6.45) is 11.7. The van der Waals surface area contributed by atoms with Crippen LogP contribution in [0, 0.1) is 23.7 Å². The molecule has 1 unspecified atom stereocenters. The van der Waals surface area contributed by atoms with E-state index in [2.05, 4.69) is 5.92 Å². The number of carbonyl (C=O) groups is 2. The molecule has 0 amide bonds. The van der Waals surface area contributed by atoms with E-state index in [0.29, 0.717) is 0 Å². The number of carbonyl (C=O) groups excluding carboxylic acids is 2. The number of allylic oxidation sites excluding steroid dienone is 2. The van der Waals surface area contributed by atoms with Crippen LogP contribution < -0.4 is 0 Å². The maximum atomic E-state index is 12.1. The molecule has 4 nitrogen and oxygen atoms in total. The second-order valence-electron chi connectivity index (χ2n) is 4.30. The van der Waals surface area contributed by atoms with E-state index in [-0.39, 0.29) is 12.3 Å². The molecule has 1 aliphatic carbocycles. The Labute approximate surface area is 107 Å². The lowest BCUT2D eigenvalue weighted by atomic mass is 9.69. The fraction of sp³-hybridized carbons (Fsp3) is 0.571. The zero-order valence-electron chi connectivity index (χ0n) is 10.8. The van der Waals surface area contributed by atoms with Crippen molar-refractivity contribution in [1.29, 1.82) is 0 Å². The van der Waals surface area contributed by atoms with Gasteiger partial charge < -0.3 is 9.47 Å². The highest BCUT2D eigenvalue weighted by Gasteiger charge is 2.53. The number of esters is 2. The topological polar surface area (TPSA) is 52.6 Å². The Kier molecular flexibility index (Phi) is 4.96. The van der Waals surface area contributed by atoms with E-state index in [4.69, 9.17) is 15.9 Å². The smallest absolute Gasteiger partial charge is 0.324 e. The molecule has 1 rings (SSSR count). The average molecular weight is 250 g/mol. The van der Waals surface area contributed by atoms with Crippen LogP contribution in [0.2, 0.25) is 0 Å². The van der Waals surface area contributed by atoms with Gasteiger partial charge in [-0.15, -0.1) is 12.3 Å². The summed E-state index contributed by atoms with van der Waals surface area (Å²) in [6.45, 7) is 0. The first-order valence-electron chi connectivity index (χ1n) is 5.90. The van der Waals surface area contributed by atoms with E-state index >= 15 is 0 Å². The Morgan fingerprint density at radius 3 is 2.39 bits per heavy atom. The minimum Gasteiger partial charge on any atom is -0.468 e. The summed E-state index contributed by atoms with van der Waals surface area (Å²) in [5, 5.41) is 0. The van der Waals surface area contributed by atoms with Crippen molar-refractivity contribution in [3.8, 4) is 12.3 Å². The summed E-state index contributed by atoms with van der Waals surface area (Å²) in [5.74, 6) is 0.896. The number of rotatable bonds is 4. The maximum absolute atomic E-state index is 12.1. The summed E-state index contributed by atoms with van der Waals surface area (Å²) in [4.78, 5) is 24.1. The fourth-order valence-electron chi connectivity index (χ4n) is 2.41. The zero-order chi connectivity index (χ0) is 13.6. The monoisotopic (exact) mass is 250 g/mol. The summed E-state index contributed by atoms with van der Waals surface area (Å²) in [6, 6.07) is 0. The van der Waals surface area contributed by atoms with Crippen molar-refractivity contribution in [2.45, 2.75) is 25.7 Å². The van der Waals surface area contributed by atoms with Gasteiger partial charge in [0.05, 0.1) is 14.2 Å². The first-order chi connectivity index (χ1) is 8.63. The van der Waals surface area contributed by atoms with Crippen LogP contribution in [-0.2, 0) is 19.1 Å². The van der Waals surface area contributed by atoms with E-state index in [9.17, 15) is 9.59 Å². The third-order valence-electron chi connectivity index (χ3n) is 3.37. The summed E-state index contributed by atoms with van der Waals surface area (Å²) in [5.41, 5.74) is -1.41. The van der Waals surface area contributed by atoms with E-state index in [1.165, 1.54) is 14.2 Å². The molecule has 0 bridgehead atoms. The molecule has 0 saturated heterocycles. The van der Waals surface area contributed by atoms with Gasteiger partial charge in [0.15, 0.2) is 5.41 Å². The van der Waals surface area contributed by atoms with Crippen LogP contribution in [0.25, 0.3) is 0 Å². The van der Waals surface area contributed by atoms with Crippen molar-refractivity contribution >= 4 is 11.9 Å². The Hall–Kier alpha value is -1.76. The molecule has 0 saturated carbocycles. The van der Waals surface area contributed by atoms with E-state index in [1.807, 2.05) is 12.2 Å². The summed E-state index contributed by atoms with van der Waals surface area (Å²) in [7, 11) is 2.51. The first kappa shape index (κ1) is 14.3. The Balaban J connectivity index is 3.23. The van der Waals surface area contributed by atoms with Crippen molar-refractivity contribution < 1.29 is 19.1 Å². The Morgan fingerprint density at radius 2 is 2.00 bits per heavy atom. The van der Waals surface area contributed by atoms with Gasteiger partial charge in [0.25, 0.3) is 0 Å². The van der Waals surface area contributed by atoms with E-state index in [0.717, 1.165) is 19.3 Å². The normalized spacial score (nSPS) is 18.8. The molecule has 18 heavy (non-hydrogen) atoms. The highest BCUT2D eigenvalue weighted by molar-refractivity contribution is 6.01. The van der Waals surface area contributed by atoms with Crippen LogP contribution in [0.1, 0.15) is 25.7 Å². The number of methoxy groups -OCH3 is 2. The molecule has 98 valence electrons. The minimum atomic E-state index is -1.41. The van der Waals surface area contributed by atoms with Gasteiger partial charge in [-0.1, -0.05) is 12.2 Å². The number of terminal acetylenes is 1. The number of hydrogen-bond donors (Lipinski definition) is 0. The summed E-state index contributed by atoms with van der Waals surface area (Å²) < 4.78 is 9.55. The zero-order valence-corrected chi connectivity index (χ0v) is 10.8. The molecule has 0 fully saturated rings. The van der Waals surface area contributed by atoms with Crippen LogP contribution in [0.15, 0.2) is 12.2 Å². The third kappa shape index (κ3) is 2.40. The molecule has 0 spiro atoms. The van der Waals surface area contributed by atoms with Crippen LogP contribution in [0.4, 0.5) is 0 Å². The van der Waals surface area contributed by atoms with Gasteiger partial charge in [-0.3, -0.25) is 9.59 Å². The van der Waals surface area contributed by atoms with Gasteiger partial charge in [0, 0.05) is 12.3 Å². The van der Waals surface area contributed by atoms with Crippen molar-refractivity contribution in [3.05, 3.63) is 12.2 Å². The molecule has 0 aliphatic heterocycles. The quantitative estimate of drug-likeness (QED) is 0.330. The van der Waals surface area contributed by atoms with E-state index in [1.54, 1.807) is 0 Å². The van der Waals surface area contributed by atoms with Crippen LogP contribution in [-0.4, -0.2) is 26.2 Å². The standard InChI is InChI=1S/C14H18O4/c1-4-10-14(12(15)17-2,13(16)18-3)11-8-6-5-7-9-11/h1,6,8,11H,5,7,9-10H2,2-3H3. The number of hydrogen-bond acceptors (Lipinski definition) is 4. The minimum absolute atomic E-state index is 0.0125. The van der Waals surface area contributed by atoms with Crippen molar-refractivity contribution in [3.63, 3.8) is 0 Å². The highest BCUT2D eigenvalue weighted by atomic mass is 16.5. The van der Waals surface area contributed by atoms with Crippen molar-refractivity contribution in [1.82, 2.24) is 0 Å². The lowest BCUT2D eigenvalue weighted by Crippen LogP contribution is -2.47. The second-order valence-corrected chi connectivity index (χ2v) is 4.30. The molecular formula is C14H18O4. The number of ether oxygens (including phenoxy) is 2. The molecule has 1 atom stereocenters. The van der Waals surface area contributed by atoms with Crippen LogP contribution >= 0.6 is 0 Å². The molecule has 0 heterocycles. The van der Waals surface area contributed by atoms with Gasteiger partial charge in [-0.2, -0.15) is 0 Å². The second kappa shape index (κ2) is 6.25. The van der Waals surface area contributed by atoms with Gasteiger partial charge in [0.1, 0.15) is 0 Å². The van der Waals surface area contributed by atoms with Crippen molar-refractivity contribution in [2.75, 3.05) is 14.2 Å². The largest absolute Gasteiger partial charge is 0.468 e. The average Bonchev–Trinajstić information content (AvgIpc) is 2.44. The van der Waals surface area contributed by atoms with Crippen LogP contribution in [0.5, 0.6) is 0 Å². The van der Waals surface area contributed by atoms with Gasteiger partial charge in [-0.25, -0.2) is 0 Å². The molecule has 1 aliphatic rings. The SMILES string of the molecule is C#CCC(C(=O)OC)(C(=O)OC)C1C=CCCC1.